The Morgan fingerprint density at radius 3 is 2.76 bits per heavy atom. The minimum Gasteiger partial charge on any atom is -0.480 e. The molecule has 4 nitrogen and oxygen atoms in total. The molecule has 3 aromatic rings. The second-order valence-corrected chi connectivity index (χ2v) is 3.89. The predicted molar refractivity (Wildman–Crippen MR) is 64.9 cm³/mol. The molecule has 17 heavy (non-hydrogen) atoms. The molecule has 0 saturated heterocycles. The lowest BCUT2D eigenvalue weighted by Crippen LogP contribution is -2.08. The molecule has 2 aromatic heterocycles. The first kappa shape index (κ1) is 9.84. The first-order chi connectivity index (χ1) is 8.27. The van der Waals surface area contributed by atoms with E-state index in [9.17, 15) is 4.79 Å². The fourth-order valence-corrected chi connectivity index (χ4v) is 2.20. The number of benzene rings is 1. The highest BCUT2D eigenvalue weighted by atomic mass is 16.4. The Bertz CT molecular complexity index is 662. The van der Waals surface area contributed by atoms with Gasteiger partial charge < -0.3 is 9.67 Å². The van der Waals surface area contributed by atoms with Crippen molar-refractivity contribution in [2.75, 3.05) is 0 Å². The third-order valence-corrected chi connectivity index (χ3v) is 2.87. The number of carboxylic acids is 1. The van der Waals surface area contributed by atoms with Crippen LogP contribution in [0.5, 0.6) is 0 Å². The average molecular weight is 226 g/mol. The molecule has 1 aromatic carbocycles. The summed E-state index contributed by atoms with van der Waals surface area (Å²) in [6, 6.07) is 9.61. The van der Waals surface area contributed by atoms with Gasteiger partial charge in [0.25, 0.3) is 0 Å². The highest BCUT2D eigenvalue weighted by molar-refractivity contribution is 6.08. The second kappa shape index (κ2) is 3.59. The minimum atomic E-state index is -0.843. The Balaban J connectivity index is 2.45. The molecular weight excluding hydrogens is 216 g/mol. The molecule has 3 rings (SSSR count). The topological polar surface area (TPSA) is 55.1 Å². The van der Waals surface area contributed by atoms with E-state index in [1.54, 1.807) is 17.0 Å². The summed E-state index contributed by atoms with van der Waals surface area (Å²) in [5.74, 6) is -0.843. The van der Waals surface area contributed by atoms with Gasteiger partial charge in [0.1, 0.15) is 6.54 Å². The van der Waals surface area contributed by atoms with E-state index in [2.05, 4.69) is 4.98 Å². The second-order valence-electron chi connectivity index (χ2n) is 3.89. The van der Waals surface area contributed by atoms with Crippen LogP contribution < -0.4 is 0 Å². The zero-order chi connectivity index (χ0) is 11.8. The number of hydrogen-bond donors (Lipinski definition) is 1. The summed E-state index contributed by atoms with van der Waals surface area (Å²) in [5.41, 5.74) is 1.83. The van der Waals surface area contributed by atoms with Gasteiger partial charge in [-0.2, -0.15) is 0 Å². The predicted octanol–water partition coefficient (Wildman–Crippen LogP) is 2.27. The van der Waals surface area contributed by atoms with E-state index in [1.165, 1.54) is 0 Å². The molecule has 0 aliphatic heterocycles. The number of nitrogens with zero attached hydrogens (tertiary/aromatic N) is 2. The summed E-state index contributed by atoms with van der Waals surface area (Å²) in [6.45, 7) is -0.0337. The van der Waals surface area contributed by atoms with E-state index in [-0.39, 0.29) is 6.54 Å². The summed E-state index contributed by atoms with van der Waals surface area (Å²) in [6.07, 6.45) is 3.45. The van der Waals surface area contributed by atoms with Gasteiger partial charge in [-0.1, -0.05) is 18.2 Å². The molecule has 0 aliphatic rings. The largest absolute Gasteiger partial charge is 0.480 e. The van der Waals surface area contributed by atoms with Crippen molar-refractivity contribution in [1.82, 2.24) is 9.55 Å². The number of aliphatic carboxylic acids is 1. The average Bonchev–Trinajstić information content (AvgIpc) is 2.65. The van der Waals surface area contributed by atoms with Crippen molar-refractivity contribution in [2.24, 2.45) is 0 Å². The Labute approximate surface area is 97.1 Å². The summed E-state index contributed by atoms with van der Waals surface area (Å²) >= 11 is 0. The van der Waals surface area contributed by atoms with Crippen LogP contribution in [0.2, 0.25) is 0 Å². The Hall–Kier alpha value is -2.36. The minimum absolute atomic E-state index is 0.0337. The maximum Gasteiger partial charge on any atom is 0.323 e. The van der Waals surface area contributed by atoms with Crippen LogP contribution in [0.3, 0.4) is 0 Å². The van der Waals surface area contributed by atoms with Crippen LogP contribution in [0, 0.1) is 0 Å². The highest BCUT2D eigenvalue weighted by Gasteiger charge is 2.11. The molecule has 0 unspecified atom stereocenters. The van der Waals surface area contributed by atoms with Gasteiger partial charge in [0.2, 0.25) is 0 Å². The molecule has 0 amide bonds. The maximum absolute atomic E-state index is 10.9. The number of carboxylic acid groups (broad SMARTS) is 1. The van der Waals surface area contributed by atoms with Crippen LogP contribution in [0.25, 0.3) is 21.8 Å². The van der Waals surface area contributed by atoms with Gasteiger partial charge in [-0.15, -0.1) is 0 Å². The maximum atomic E-state index is 10.9. The summed E-state index contributed by atoms with van der Waals surface area (Å²) < 4.78 is 1.80. The van der Waals surface area contributed by atoms with Gasteiger partial charge in [-0.05, 0) is 12.1 Å². The smallest absolute Gasteiger partial charge is 0.323 e. The van der Waals surface area contributed by atoms with Crippen molar-refractivity contribution in [2.45, 2.75) is 6.54 Å². The molecule has 84 valence electrons. The molecule has 0 spiro atoms. The summed E-state index contributed by atoms with van der Waals surface area (Å²) in [5, 5.41) is 11.0. The molecule has 0 saturated carbocycles. The van der Waals surface area contributed by atoms with Gasteiger partial charge in [0.05, 0.1) is 5.52 Å². The third-order valence-electron chi connectivity index (χ3n) is 2.87. The van der Waals surface area contributed by atoms with Gasteiger partial charge in [0, 0.05) is 28.7 Å². The molecule has 2 heterocycles. The van der Waals surface area contributed by atoms with Crippen LogP contribution in [0.1, 0.15) is 0 Å². The summed E-state index contributed by atoms with van der Waals surface area (Å²) in [4.78, 5) is 15.0. The number of carbonyl (C=O) groups is 1. The molecular formula is C13H10N2O2. The van der Waals surface area contributed by atoms with Crippen LogP contribution in [0.4, 0.5) is 0 Å². The normalized spacial score (nSPS) is 11.1. The molecule has 1 N–H and O–H groups in total. The fraction of sp³-hybridized carbons (Fsp3) is 0.0769. The Morgan fingerprint density at radius 2 is 1.94 bits per heavy atom. The Kier molecular flexibility index (Phi) is 2.08. The molecule has 0 atom stereocenters. The van der Waals surface area contributed by atoms with Gasteiger partial charge in [0.15, 0.2) is 0 Å². The molecule has 0 fully saturated rings. The molecule has 0 radical (unpaired) electrons. The molecule has 4 heteroatoms. The first-order valence-corrected chi connectivity index (χ1v) is 5.30. The zero-order valence-electron chi connectivity index (χ0n) is 9.00. The van der Waals surface area contributed by atoms with Crippen molar-refractivity contribution in [3.63, 3.8) is 0 Å². The summed E-state index contributed by atoms with van der Waals surface area (Å²) in [7, 11) is 0. The quantitative estimate of drug-likeness (QED) is 0.729. The number of fused-ring (bicyclic) bond motifs is 3. The number of hydrogen-bond acceptors (Lipinski definition) is 2. The number of para-hydroxylation sites is 1. The fourth-order valence-electron chi connectivity index (χ4n) is 2.20. The lowest BCUT2D eigenvalue weighted by molar-refractivity contribution is -0.137. The van der Waals surface area contributed by atoms with Gasteiger partial charge in [-0.25, -0.2) is 0 Å². The van der Waals surface area contributed by atoms with Crippen LogP contribution in [0.15, 0.2) is 42.7 Å². The third kappa shape index (κ3) is 1.45. The lowest BCUT2D eigenvalue weighted by atomic mass is 10.2. The monoisotopic (exact) mass is 226 g/mol. The van der Waals surface area contributed by atoms with E-state index in [0.717, 1.165) is 21.8 Å². The van der Waals surface area contributed by atoms with Crippen molar-refractivity contribution < 1.29 is 9.90 Å². The molecule has 0 aliphatic carbocycles. The van der Waals surface area contributed by atoms with Crippen molar-refractivity contribution in [1.29, 1.82) is 0 Å². The van der Waals surface area contributed by atoms with E-state index >= 15 is 0 Å². The van der Waals surface area contributed by atoms with Gasteiger partial charge >= 0.3 is 5.97 Å². The van der Waals surface area contributed by atoms with Crippen LogP contribution >= 0.6 is 0 Å². The highest BCUT2D eigenvalue weighted by Crippen LogP contribution is 2.27. The SMILES string of the molecule is O=C(O)Cn1c2ccccc2c2cnccc21. The van der Waals surface area contributed by atoms with Crippen LogP contribution in [-0.4, -0.2) is 20.6 Å². The lowest BCUT2D eigenvalue weighted by Gasteiger charge is -2.02. The van der Waals surface area contributed by atoms with Crippen molar-refractivity contribution >= 4 is 27.8 Å². The van der Waals surface area contributed by atoms with E-state index in [0.29, 0.717) is 0 Å². The number of rotatable bonds is 2. The van der Waals surface area contributed by atoms with E-state index < -0.39 is 5.97 Å². The van der Waals surface area contributed by atoms with E-state index in [4.69, 9.17) is 5.11 Å². The zero-order valence-corrected chi connectivity index (χ0v) is 9.00. The first-order valence-electron chi connectivity index (χ1n) is 5.30. The number of pyridine rings is 1. The molecule has 0 bridgehead atoms. The number of aromatic nitrogens is 2. The van der Waals surface area contributed by atoms with Crippen molar-refractivity contribution in [3.8, 4) is 0 Å². The van der Waals surface area contributed by atoms with Gasteiger partial charge in [-0.3, -0.25) is 9.78 Å². The Morgan fingerprint density at radius 1 is 1.18 bits per heavy atom. The standard InChI is InChI=1S/C13H10N2O2/c16-13(17)8-15-11-4-2-1-3-9(11)10-7-14-6-5-12(10)15/h1-7H,8H2,(H,16,17). The van der Waals surface area contributed by atoms with E-state index in [1.807, 2.05) is 30.3 Å². The van der Waals surface area contributed by atoms with Crippen molar-refractivity contribution in [3.05, 3.63) is 42.7 Å². The van der Waals surface area contributed by atoms with Crippen LogP contribution in [-0.2, 0) is 11.3 Å².